The van der Waals surface area contributed by atoms with Crippen LogP contribution < -0.4 is 5.73 Å². The summed E-state index contributed by atoms with van der Waals surface area (Å²) < 4.78 is 7.19. The van der Waals surface area contributed by atoms with Crippen molar-refractivity contribution in [3.63, 3.8) is 0 Å². The van der Waals surface area contributed by atoms with Gasteiger partial charge in [0.15, 0.2) is 0 Å². The highest BCUT2D eigenvalue weighted by Crippen LogP contribution is 2.33. The Balaban J connectivity index is 2.62. The van der Waals surface area contributed by atoms with E-state index in [-0.39, 0.29) is 0 Å². The van der Waals surface area contributed by atoms with E-state index in [1.807, 2.05) is 19.1 Å². The average Bonchev–Trinajstić information content (AvgIpc) is 2.63. The van der Waals surface area contributed by atoms with Crippen LogP contribution in [0.4, 0.5) is 5.88 Å². The predicted octanol–water partition coefficient (Wildman–Crippen LogP) is 3.85. The zero-order valence-electron chi connectivity index (χ0n) is 8.63. The largest absolute Gasteiger partial charge is 0.367 e. The third-order valence-corrected chi connectivity index (χ3v) is 3.72. The van der Waals surface area contributed by atoms with E-state index in [0.29, 0.717) is 5.88 Å². The van der Waals surface area contributed by atoms with Gasteiger partial charge in [-0.3, -0.25) is 0 Å². The van der Waals surface area contributed by atoms with Crippen LogP contribution in [0, 0.1) is 3.57 Å². The molecular formula is C11H10BrIN2O. The first-order valence-electron chi connectivity index (χ1n) is 4.83. The van der Waals surface area contributed by atoms with E-state index in [2.05, 4.69) is 49.7 Å². The van der Waals surface area contributed by atoms with Crippen molar-refractivity contribution in [1.29, 1.82) is 0 Å². The Morgan fingerprint density at radius 1 is 1.50 bits per heavy atom. The zero-order chi connectivity index (χ0) is 11.7. The Kier molecular flexibility index (Phi) is 3.53. The zero-order valence-corrected chi connectivity index (χ0v) is 12.4. The lowest BCUT2D eigenvalue weighted by molar-refractivity contribution is 0.438. The number of halogens is 2. The molecule has 0 unspecified atom stereocenters. The van der Waals surface area contributed by atoms with Gasteiger partial charge in [0.1, 0.15) is 5.69 Å². The van der Waals surface area contributed by atoms with E-state index < -0.39 is 0 Å². The number of anilines is 1. The van der Waals surface area contributed by atoms with Gasteiger partial charge in [0.25, 0.3) is 0 Å². The van der Waals surface area contributed by atoms with Crippen LogP contribution in [0.3, 0.4) is 0 Å². The second-order valence-corrected chi connectivity index (χ2v) is 5.45. The van der Waals surface area contributed by atoms with Gasteiger partial charge < -0.3 is 10.3 Å². The minimum atomic E-state index is 0.406. The van der Waals surface area contributed by atoms with Gasteiger partial charge in [0, 0.05) is 19.2 Å². The molecular weight excluding hydrogens is 383 g/mol. The summed E-state index contributed by atoms with van der Waals surface area (Å²) in [5.41, 5.74) is 8.53. The van der Waals surface area contributed by atoms with Crippen LogP contribution in [0.5, 0.6) is 0 Å². The maximum Gasteiger partial charge on any atom is 0.225 e. The molecule has 0 fully saturated rings. The molecule has 0 saturated carbocycles. The maximum atomic E-state index is 5.73. The summed E-state index contributed by atoms with van der Waals surface area (Å²) in [5, 5.41) is 4.03. The summed E-state index contributed by atoms with van der Waals surface area (Å²) in [5.74, 6) is 0.406. The van der Waals surface area contributed by atoms with Gasteiger partial charge in [0.05, 0.1) is 0 Å². The molecule has 2 N–H and O–H groups in total. The van der Waals surface area contributed by atoms with E-state index in [9.17, 15) is 0 Å². The fourth-order valence-electron chi connectivity index (χ4n) is 1.55. The molecule has 0 atom stereocenters. The highest BCUT2D eigenvalue weighted by Gasteiger charge is 2.16. The summed E-state index contributed by atoms with van der Waals surface area (Å²) in [6, 6.07) is 6.09. The van der Waals surface area contributed by atoms with Crippen LogP contribution in [-0.4, -0.2) is 5.16 Å². The van der Waals surface area contributed by atoms with Crippen LogP contribution in [0.15, 0.2) is 27.2 Å². The standard InChI is InChI=1S/C11H10BrIN2O/c1-2-7-10(15-16-11(7)14)8-5-6(13)3-4-9(8)12/h3-5H,2,14H2,1H3. The van der Waals surface area contributed by atoms with Crippen molar-refractivity contribution in [2.24, 2.45) is 0 Å². The molecule has 0 spiro atoms. The van der Waals surface area contributed by atoms with E-state index >= 15 is 0 Å². The Bertz CT molecular complexity index is 525. The quantitative estimate of drug-likeness (QED) is 0.789. The molecule has 3 nitrogen and oxygen atoms in total. The number of rotatable bonds is 2. The van der Waals surface area contributed by atoms with Crippen molar-refractivity contribution in [2.75, 3.05) is 5.73 Å². The normalized spacial score (nSPS) is 10.7. The van der Waals surface area contributed by atoms with Gasteiger partial charge >= 0.3 is 0 Å². The van der Waals surface area contributed by atoms with Gasteiger partial charge in [-0.1, -0.05) is 28.0 Å². The molecule has 2 rings (SSSR count). The number of nitrogens with zero attached hydrogens (tertiary/aromatic N) is 1. The number of nitrogens with two attached hydrogens (primary N) is 1. The van der Waals surface area contributed by atoms with Gasteiger partial charge in [0.2, 0.25) is 5.88 Å². The molecule has 0 saturated heterocycles. The first-order chi connectivity index (χ1) is 7.63. The van der Waals surface area contributed by atoms with Gasteiger partial charge in [-0.2, -0.15) is 0 Å². The molecule has 2 aromatic rings. The van der Waals surface area contributed by atoms with Gasteiger partial charge in [-0.05, 0) is 47.2 Å². The van der Waals surface area contributed by atoms with Crippen molar-refractivity contribution in [2.45, 2.75) is 13.3 Å². The molecule has 5 heteroatoms. The molecule has 0 radical (unpaired) electrons. The predicted molar refractivity (Wildman–Crippen MR) is 76.1 cm³/mol. The number of hydrogen-bond acceptors (Lipinski definition) is 3. The van der Waals surface area contributed by atoms with Crippen molar-refractivity contribution in [3.05, 3.63) is 31.8 Å². The lowest BCUT2D eigenvalue weighted by Gasteiger charge is -2.03. The number of benzene rings is 1. The third-order valence-electron chi connectivity index (χ3n) is 2.36. The van der Waals surface area contributed by atoms with Crippen LogP contribution >= 0.6 is 38.5 Å². The smallest absolute Gasteiger partial charge is 0.225 e. The molecule has 0 aliphatic carbocycles. The minimum Gasteiger partial charge on any atom is -0.367 e. The van der Waals surface area contributed by atoms with E-state index in [1.54, 1.807) is 0 Å². The summed E-state index contributed by atoms with van der Waals surface area (Å²) in [4.78, 5) is 0. The fraction of sp³-hybridized carbons (Fsp3) is 0.182. The molecule has 1 heterocycles. The molecule has 0 aliphatic rings. The number of nitrogen functional groups attached to an aromatic ring is 1. The fourth-order valence-corrected chi connectivity index (χ4v) is 2.48. The van der Waals surface area contributed by atoms with E-state index in [4.69, 9.17) is 10.3 Å². The third kappa shape index (κ3) is 2.10. The van der Waals surface area contributed by atoms with Crippen LogP contribution in [0.2, 0.25) is 0 Å². The van der Waals surface area contributed by atoms with E-state index in [0.717, 1.165) is 31.3 Å². The average molecular weight is 393 g/mol. The first-order valence-corrected chi connectivity index (χ1v) is 6.70. The summed E-state index contributed by atoms with van der Waals surface area (Å²) in [6.07, 6.45) is 0.808. The summed E-state index contributed by atoms with van der Waals surface area (Å²) in [6.45, 7) is 2.04. The second kappa shape index (κ2) is 4.75. The van der Waals surface area contributed by atoms with Crippen LogP contribution in [-0.2, 0) is 6.42 Å². The molecule has 84 valence electrons. The summed E-state index contributed by atoms with van der Waals surface area (Å²) >= 11 is 5.78. The van der Waals surface area contributed by atoms with E-state index in [1.165, 1.54) is 0 Å². The lowest BCUT2D eigenvalue weighted by atomic mass is 10.1. The molecule has 16 heavy (non-hydrogen) atoms. The maximum absolute atomic E-state index is 5.73. The molecule has 0 aliphatic heterocycles. The minimum absolute atomic E-state index is 0.406. The van der Waals surface area contributed by atoms with Gasteiger partial charge in [-0.25, -0.2) is 0 Å². The van der Waals surface area contributed by atoms with Crippen LogP contribution in [0.25, 0.3) is 11.3 Å². The van der Waals surface area contributed by atoms with Crippen molar-refractivity contribution >= 4 is 44.4 Å². The Morgan fingerprint density at radius 2 is 2.25 bits per heavy atom. The second-order valence-electron chi connectivity index (χ2n) is 3.35. The Morgan fingerprint density at radius 3 is 2.94 bits per heavy atom. The summed E-state index contributed by atoms with van der Waals surface area (Å²) in [7, 11) is 0. The number of aromatic nitrogens is 1. The molecule has 1 aromatic carbocycles. The lowest BCUT2D eigenvalue weighted by Crippen LogP contribution is -1.91. The van der Waals surface area contributed by atoms with Crippen LogP contribution in [0.1, 0.15) is 12.5 Å². The van der Waals surface area contributed by atoms with Crippen molar-refractivity contribution in [1.82, 2.24) is 5.16 Å². The monoisotopic (exact) mass is 392 g/mol. The molecule has 0 bridgehead atoms. The highest BCUT2D eigenvalue weighted by atomic mass is 127. The first kappa shape index (κ1) is 11.9. The SMILES string of the molecule is CCc1c(-c2cc(I)ccc2Br)noc1N. The Hall–Kier alpha value is -0.560. The van der Waals surface area contributed by atoms with Crippen molar-refractivity contribution in [3.8, 4) is 11.3 Å². The van der Waals surface area contributed by atoms with Gasteiger partial charge in [-0.15, -0.1) is 0 Å². The topological polar surface area (TPSA) is 52.0 Å². The molecule has 1 aromatic heterocycles. The van der Waals surface area contributed by atoms with Crippen molar-refractivity contribution < 1.29 is 4.52 Å². The number of hydrogen-bond donors (Lipinski definition) is 1. The highest BCUT2D eigenvalue weighted by molar-refractivity contribution is 14.1. The molecule has 0 amide bonds. The Labute approximate surface area is 116 Å².